The zero-order chi connectivity index (χ0) is 23.9. The highest BCUT2D eigenvalue weighted by atomic mass is 16.5. The smallest absolute Gasteiger partial charge is 0.268 e. The molecule has 0 saturated carbocycles. The van der Waals surface area contributed by atoms with Gasteiger partial charge in [0.25, 0.3) is 11.8 Å². The molecule has 0 bridgehead atoms. The molecule has 4 aromatic rings. The van der Waals surface area contributed by atoms with Crippen LogP contribution in [0.2, 0.25) is 0 Å². The van der Waals surface area contributed by atoms with E-state index in [-0.39, 0.29) is 18.1 Å². The standard InChI is InChI=1S/C25H22N4O5/c1-16-5-7-18(8-6-16)24(30)27-21(14-20-4-3-13-33-20)25(31)26-15-22-28-23(29-34-22)17-9-11-19(32-2)12-10-17/h3-14H,15H2,1-2H3,(H,26,31)(H,27,30)/b21-14-. The van der Waals surface area contributed by atoms with Gasteiger partial charge in [0.05, 0.1) is 19.9 Å². The monoisotopic (exact) mass is 458 g/mol. The first-order chi connectivity index (χ1) is 16.5. The maximum absolute atomic E-state index is 12.9. The minimum absolute atomic E-state index is 0.00965. The molecular formula is C25H22N4O5. The van der Waals surface area contributed by atoms with Gasteiger partial charge in [-0.25, -0.2) is 0 Å². The number of carbonyl (C=O) groups is 2. The summed E-state index contributed by atoms with van der Waals surface area (Å²) in [4.78, 5) is 29.8. The van der Waals surface area contributed by atoms with Crippen molar-refractivity contribution >= 4 is 17.9 Å². The van der Waals surface area contributed by atoms with Crippen LogP contribution in [0.5, 0.6) is 5.75 Å². The van der Waals surface area contributed by atoms with Gasteiger partial charge < -0.3 is 24.3 Å². The molecule has 0 aliphatic carbocycles. The Bertz CT molecular complexity index is 1290. The van der Waals surface area contributed by atoms with E-state index in [0.717, 1.165) is 11.1 Å². The third-order valence-electron chi connectivity index (χ3n) is 4.85. The summed E-state index contributed by atoms with van der Waals surface area (Å²) in [5.41, 5.74) is 2.19. The Labute approximate surface area is 195 Å². The second-order valence-corrected chi connectivity index (χ2v) is 7.32. The number of ether oxygens (including phenoxy) is 1. The Balaban J connectivity index is 1.45. The Morgan fingerprint density at radius 2 is 1.82 bits per heavy atom. The lowest BCUT2D eigenvalue weighted by Gasteiger charge is -2.10. The molecule has 2 aromatic carbocycles. The van der Waals surface area contributed by atoms with E-state index < -0.39 is 11.8 Å². The van der Waals surface area contributed by atoms with Crippen LogP contribution in [0.25, 0.3) is 17.5 Å². The molecule has 0 aliphatic heterocycles. The summed E-state index contributed by atoms with van der Waals surface area (Å²) in [6.07, 6.45) is 2.92. The minimum Gasteiger partial charge on any atom is -0.497 e. The van der Waals surface area contributed by atoms with Crippen LogP contribution >= 0.6 is 0 Å². The molecule has 0 saturated heterocycles. The van der Waals surface area contributed by atoms with Crippen molar-refractivity contribution in [1.29, 1.82) is 0 Å². The molecular weight excluding hydrogens is 436 g/mol. The largest absolute Gasteiger partial charge is 0.497 e. The number of nitrogens with one attached hydrogen (secondary N) is 2. The van der Waals surface area contributed by atoms with Gasteiger partial charge in [-0.2, -0.15) is 4.98 Å². The maximum Gasteiger partial charge on any atom is 0.268 e. The molecule has 34 heavy (non-hydrogen) atoms. The van der Waals surface area contributed by atoms with Crippen LogP contribution in [0, 0.1) is 6.92 Å². The lowest BCUT2D eigenvalue weighted by atomic mass is 10.1. The van der Waals surface area contributed by atoms with E-state index in [9.17, 15) is 9.59 Å². The number of nitrogens with zero attached hydrogens (tertiary/aromatic N) is 2. The van der Waals surface area contributed by atoms with E-state index in [1.165, 1.54) is 12.3 Å². The first kappa shape index (κ1) is 22.5. The first-order valence-corrected chi connectivity index (χ1v) is 10.4. The normalized spacial score (nSPS) is 11.2. The van der Waals surface area contributed by atoms with Gasteiger partial charge in [0, 0.05) is 17.2 Å². The van der Waals surface area contributed by atoms with Crippen LogP contribution in [-0.4, -0.2) is 29.1 Å². The summed E-state index contributed by atoms with van der Waals surface area (Å²) in [5, 5.41) is 9.26. The van der Waals surface area contributed by atoms with Crippen LogP contribution in [0.4, 0.5) is 0 Å². The number of hydrogen-bond acceptors (Lipinski definition) is 7. The third kappa shape index (κ3) is 5.57. The molecule has 0 atom stereocenters. The van der Waals surface area contributed by atoms with Gasteiger partial charge in [0.1, 0.15) is 17.2 Å². The minimum atomic E-state index is -0.541. The average molecular weight is 458 g/mol. The molecule has 2 N–H and O–H groups in total. The molecule has 2 aromatic heterocycles. The fraction of sp³-hybridized carbons (Fsp3) is 0.120. The van der Waals surface area contributed by atoms with Crippen molar-refractivity contribution in [2.45, 2.75) is 13.5 Å². The average Bonchev–Trinajstić information content (AvgIpc) is 3.55. The lowest BCUT2D eigenvalue weighted by Crippen LogP contribution is -2.34. The van der Waals surface area contributed by atoms with Gasteiger partial charge in [0.15, 0.2) is 0 Å². The van der Waals surface area contributed by atoms with Crippen molar-refractivity contribution in [3.8, 4) is 17.1 Å². The van der Waals surface area contributed by atoms with Gasteiger partial charge in [-0.15, -0.1) is 0 Å². The fourth-order valence-corrected chi connectivity index (χ4v) is 3.01. The number of rotatable bonds is 8. The van der Waals surface area contributed by atoms with Gasteiger partial charge in [-0.05, 0) is 55.5 Å². The number of aromatic nitrogens is 2. The molecule has 0 spiro atoms. The fourth-order valence-electron chi connectivity index (χ4n) is 3.01. The number of amides is 2. The Morgan fingerprint density at radius 1 is 1.06 bits per heavy atom. The quantitative estimate of drug-likeness (QED) is 0.386. The molecule has 2 amide bonds. The number of hydrogen-bond donors (Lipinski definition) is 2. The number of benzene rings is 2. The molecule has 9 nitrogen and oxygen atoms in total. The predicted octanol–water partition coefficient (Wildman–Crippen LogP) is 3.73. The second-order valence-electron chi connectivity index (χ2n) is 7.32. The first-order valence-electron chi connectivity index (χ1n) is 10.4. The Morgan fingerprint density at radius 3 is 2.50 bits per heavy atom. The van der Waals surface area contributed by atoms with Crippen molar-refractivity contribution in [3.63, 3.8) is 0 Å². The summed E-state index contributed by atoms with van der Waals surface area (Å²) in [7, 11) is 1.59. The van der Waals surface area contributed by atoms with E-state index in [0.29, 0.717) is 22.9 Å². The molecule has 172 valence electrons. The summed E-state index contributed by atoms with van der Waals surface area (Å²) in [5.74, 6) is 0.748. The highest BCUT2D eigenvalue weighted by Gasteiger charge is 2.17. The van der Waals surface area contributed by atoms with Crippen molar-refractivity contribution < 1.29 is 23.3 Å². The van der Waals surface area contributed by atoms with Crippen LogP contribution in [-0.2, 0) is 11.3 Å². The lowest BCUT2D eigenvalue weighted by molar-refractivity contribution is -0.118. The highest BCUT2D eigenvalue weighted by molar-refractivity contribution is 6.05. The van der Waals surface area contributed by atoms with Crippen LogP contribution in [0.3, 0.4) is 0 Å². The van der Waals surface area contributed by atoms with E-state index in [4.69, 9.17) is 13.7 Å². The molecule has 9 heteroatoms. The van der Waals surface area contributed by atoms with Gasteiger partial charge >= 0.3 is 0 Å². The van der Waals surface area contributed by atoms with Gasteiger partial charge in [-0.3, -0.25) is 9.59 Å². The van der Waals surface area contributed by atoms with Crippen LogP contribution < -0.4 is 15.4 Å². The topological polar surface area (TPSA) is 119 Å². The van der Waals surface area contributed by atoms with E-state index in [1.807, 2.05) is 19.1 Å². The van der Waals surface area contributed by atoms with Crippen molar-refractivity contribution in [2.24, 2.45) is 0 Å². The number of methoxy groups -OCH3 is 1. The van der Waals surface area contributed by atoms with Crippen molar-refractivity contribution in [2.75, 3.05) is 7.11 Å². The van der Waals surface area contributed by atoms with Gasteiger partial charge in [-0.1, -0.05) is 22.9 Å². The molecule has 0 unspecified atom stereocenters. The Kier molecular flexibility index (Phi) is 6.83. The highest BCUT2D eigenvalue weighted by Crippen LogP contribution is 2.19. The van der Waals surface area contributed by atoms with Crippen LogP contribution in [0.15, 0.2) is 81.6 Å². The molecule has 0 radical (unpaired) electrons. The van der Waals surface area contributed by atoms with Crippen molar-refractivity contribution in [1.82, 2.24) is 20.8 Å². The predicted molar refractivity (Wildman–Crippen MR) is 123 cm³/mol. The second kappa shape index (κ2) is 10.3. The van der Waals surface area contributed by atoms with E-state index in [1.54, 1.807) is 55.6 Å². The van der Waals surface area contributed by atoms with Crippen LogP contribution in [0.1, 0.15) is 27.6 Å². The van der Waals surface area contributed by atoms with E-state index in [2.05, 4.69) is 20.8 Å². The van der Waals surface area contributed by atoms with E-state index >= 15 is 0 Å². The Hall–Kier alpha value is -4.66. The third-order valence-corrected chi connectivity index (χ3v) is 4.85. The zero-order valence-corrected chi connectivity index (χ0v) is 18.6. The summed E-state index contributed by atoms with van der Waals surface area (Å²) in [6.45, 7) is 1.90. The maximum atomic E-state index is 12.9. The number of aryl methyl sites for hydroxylation is 1. The molecule has 0 aliphatic rings. The molecule has 2 heterocycles. The van der Waals surface area contributed by atoms with Gasteiger partial charge in [0.2, 0.25) is 11.7 Å². The zero-order valence-electron chi connectivity index (χ0n) is 18.6. The van der Waals surface area contributed by atoms with Crippen molar-refractivity contribution in [3.05, 3.63) is 95.4 Å². The number of carbonyl (C=O) groups excluding carboxylic acids is 2. The summed E-state index contributed by atoms with van der Waals surface area (Å²) in [6, 6.07) is 17.5. The number of furan rings is 1. The molecule has 0 fully saturated rings. The summed E-state index contributed by atoms with van der Waals surface area (Å²) >= 11 is 0. The molecule has 4 rings (SSSR count). The SMILES string of the molecule is COc1ccc(-c2noc(CNC(=O)/C(=C/c3ccco3)NC(=O)c3ccc(C)cc3)n2)cc1. The summed E-state index contributed by atoms with van der Waals surface area (Å²) < 4.78 is 15.7.